The van der Waals surface area contributed by atoms with E-state index in [9.17, 15) is 4.39 Å². The van der Waals surface area contributed by atoms with Gasteiger partial charge in [-0.05, 0) is 43.0 Å². The summed E-state index contributed by atoms with van der Waals surface area (Å²) >= 11 is 0. The first kappa shape index (κ1) is 13.0. The SMILES string of the molecule is CC1CCCN(Cc2ccc(F)cc2C(=N)N)C1. The Kier molecular flexibility index (Phi) is 3.97. The van der Waals surface area contributed by atoms with Crippen molar-refractivity contribution in [3.05, 3.63) is 35.1 Å². The molecule has 4 heteroatoms. The molecule has 1 fully saturated rings. The minimum absolute atomic E-state index is 0.0606. The number of piperidine rings is 1. The van der Waals surface area contributed by atoms with Crippen molar-refractivity contribution in [2.45, 2.75) is 26.3 Å². The highest BCUT2D eigenvalue weighted by Crippen LogP contribution is 2.20. The van der Waals surface area contributed by atoms with Crippen molar-refractivity contribution in [1.82, 2.24) is 4.90 Å². The van der Waals surface area contributed by atoms with Crippen molar-refractivity contribution in [3.8, 4) is 0 Å². The molecule has 3 nitrogen and oxygen atoms in total. The average molecular weight is 249 g/mol. The Morgan fingerprint density at radius 2 is 2.33 bits per heavy atom. The van der Waals surface area contributed by atoms with Gasteiger partial charge >= 0.3 is 0 Å². The van der Waals surface area contributed by atoms with E-state index < -0.39 is 0 Å². The Labute approximate surface area is 107 Å². The maximum Gasteiger partial charge on any atom is 0.123 e. The van der Waals surface area contributed by atoms with E-state index in [1.165, 1.54) is 25.0 Å². The lowest BCUT2D eigenvalue weighted by atomic mass is 9.98. The summed E-state index contributed by atoms with van der Waals surface area (Å²) in [5.74, 6) is 0.311. The molecule has 1 aromatic rings. The number of nitrogen functional groups attached to an aromatic ring is 1. The molecule has 2 rings (SSSR count). The Balaban J connectivity index is 2.15. The summed E-state index contributed by atoms with van der Waals surface area (Å²) in [4.78, 5) is 2.36. The second-order valence-electron chi connectivity index (χ2n) is 5.20. The lowest BCUT2D eigenvalue weighted by Gasteiger charge is -2.31. The van der Waals surface area contributed by atoms with Crippen LogP contribution in [0.2, 0.25) is 0 Å². The minimum Gasteiger partial charge on any atom is -0.384 e. The number of benzene rings is 1. The van der Waals surface area contributed by atoms with E-state index in [0.717, 1.165) is 25.2 Å². The molecule has 0 aromatic heterocycles. The molecule has 0 bridgehead atoms. The van der Waals surface area contributed by atoms with Gasteiger partial charge in [0.05, 0.1) is 0 Å². The largest absolute Gasteiger partial charge is 0.384 e. The quantitative estimate of drug-likeness (QED) is 0.638. The van der Waals surface area contributed by atoms with Crippen molar-refractivity contribution in [2.75, 3.05) is 13.1 Å². The molecular formula is C14H20FN3. The third-order valence-corrected chi connectivity index (χ3v) is 3.50. The fraction of sp³-hybridized carbons (Fsp3) is 0.500. The van der Waals surface area contributed by atoms with Crippen LogP contribution in [0.3, 0.4) is 0 Å². The number of nitrogens with one attached hydrogen (secondary N) is 1. The molecule has 18 heavy (non-hydrogen) atoms. The van der Waals surface area contributed by atoms with E-state index in [-0.39, 0.29) is 11.7 Å². The third kappa shape index (κ3) is 3.07. The number of halogens is 1. The Morgan fingerprint density at radius 1 is 1.56 bits per heavy atom. The molecule has 0 spiro atoms. The molecular weight excluding hydrogens is 229 g/mol. The van der Waals surface area contributed by atoms with E-state index >= 15 is 0 Å². The normalized spacial score (nSPS) is 20.9. The highest BCUT2D eigenvalue weighted by molar-refractivity contribution is 5.96. The van der Waals surface area contributed by atoms with Crippen LogP contribution in [0.5, 0.6) is 0 Å². The van der Waals surface area contributed by atoms with Gasteiger partial charge in [-0.25, -0.2) is 4.39 Å². The van der Waals surface area contributed by atoms with Gasteiger partial charge in [0, 0.05) is 18.7 Å². The van der Waals surface area contributed by atoms with Crippen molar-refractivity contribution in [3.63, 3.8) is 0 Å². The molecule has 1 heterocycles. The van der Waals surface area contributed by atoms with Crippen LogP contribution in [-0.2, 0) is 6.54 Å². The predicted octanol–water partition coefficient (Wildman–Crippen LogP) is 2.34. The number of nitrogens with two attached hydrogens (primary N) is 1. The van der Waals surface area contributed by atoms with Crippen LogP contribution in [0.4, 0.5) is 4.39 Å². The maximum atomic E-state index is 13.2. The Hall–Kier alpha value is -1.42. The van der Waals surface area contributed by atoms with Gasteiger partial charge in [0.25, 0.3) is 0 Å². The lowest BCUT2D eigenvalue weighted by Crippen LogP contribution is -2.34. The molecule has 0 aliphatic carbocycles. The molecule has 98 valence electrons. The fourth-order valence-electron chi connectivity index (χ4n) is 2.61. The van der Waals surface area contributed by atoms with Gasteiger partial charge in [0.15, 0.2) is 0 Å². The summed E-state index contributed by atoms with van der Waals surface area (Å²) in [6.07, 6.45) is 2.48. The Bertz CT molecular complexity index is 445. The van der Waals surface area contributed by atoms with Crippen molar-refractivity contribution >= 4 is 5.84 Å². The smallest absolute Gasteiger partial charge is 0.123 e. The van der Waals surface area contributed by atoms with Gasteiger partial charge < -0.3 is 5.73 Å². The molecule has 1 atom stereocenters. The fourth-order valence-corrected chi connectivity index (χ4v) is 2.61. The standard InChI is InChI=1S/C14H20FN3/c1-10-3-2-6-18(8-10)9-11-4-5-12(15)7-13(11)14(16)17/h4-5,7,10H,2-3,6,8-9H2,1H3,(H3,16,17). The number of rotatable bonds is 3. The lowest BCUT2D eigenvalue weighted by molar-refractivity contribution is 0.176. The summed E-state index contributed by atoms with van der Waals surface area (Å²) in [5.41, 5.74) is 6.98. The second kappa shape index (κ2) is 5.48. The highest BCUT2D eigenvalue weighted by atomic mass is 19.1. The molecule has 1 saturated heterocycles. The molecule has 1 unspecified atom stereocenters. The molecule has 1 aromatic carbocycles. The van der Waals surface area contributed by atoms with E-state index in [1.54, 1.807) is 6.07 Å². The van der Waals surface area contributed by atoms with Crippen molar-refractivity contribution in [2.24, 2.45) is 11.7 Å². The van der Waals surface area contributed by atoms with Gasteiger partial charge in [0.1, 0.15) is 11.7 Å². The second-order valence-corrected chi connectivity index (χ2v) is 5.20. The number of amidine groups is 1. The average Bonchev–Trinajstić information content (AvgIpc) is 2.31. The van der Waals surface area contributed by atoms with Gasteiger partial charge in [-0.1, -0.05) is 13.0 Å². The van der Waals surface area contributed by atoms with Gasteiger partial charge in [0.2, 0.25) is 0 Å². The van der Waals surface area contributed by atoms with Gasteiger partial charge in [-0.3, -0.25) is 10.3 Å². The zero-order valence-electron chi connectivity index (χ0n) is 10.7. The zero-order chi connectivity index (χ0) is 13.1. The summed E-state index contributed by atoms with van der Waals surface area (Å²) in [6, 6.07) is 4.53. The van der Waals surface area contributed by atoms with Crippen LogP contribution in [0.1, 0.15) is 30.9 Å². The molecule has 1 aliphatic heterocycles. The van der Waals surface area contributed by atoms with E-state index in [0.29, 0.717) is 11.5 Å². The first-order chi connectivity index (χ1) is 8.56. The topological polar surface area (TPSA) is 53.1 Å². The maximum absolute atomic E-state index is 13.2. The summed E-state index contributed by atoms with van der Waals surface area (Å²) in [6.45, 7) is 5.13. The number of hydrogen-bond acceptors (Lipinski definition) is 2. The first-order valence-electron chi connectivity index (χ1n) is 6.41. The van der Waals surface area contributed by atoms with Crippen LogP contribution in [0, 0.1) is 17.1 Å². The van der Waals surface area contributed by atoms with E-state index in [4.69, 9.17) is 11.1 Å². The van der Waals surface area contributed by atoms with Crippen molar-refractivity contribution < 1.29 is 4.39 Å². The Morgan fingerprint density at radius 3 is 3.00 bits per heavy atom. The number of likely N-dealkylation sites (tertiary alicyclic amines) is 1. The molecule has 1 aliphatic rings. The van der Waals surface area contributed by atoms with Crippen LogP contribution >= 0.6 is 0 Å². The number of hydrogen-bond donors (Lipinski definition) is 2. The molecule has 0 radical (unpaired) electrons. The first-order valence-corrected chi connectivity index (χ1v) is 6.41. The summed E-state index contributed by atoms with van der Waals surface area (Å²) in [5, 5.41) is 7.52. The number of nitrogens with zero attached hydrogens (tertiary/aromatic N) is 1. The van der Waals surface area contributed by atoms with Crippen LogP contribution in [0.25, 0.3) is 0 Å². The van der Waals surface area contributed by atoms with Gasteiger partial charge in [-0.2, -0.15) is 0 Å². The van der Waals surface area contributed by atoms with Crippen LogP contribution < -0.4 is 5.73 Å². The monoisotopic (exact) mass is 249 g/mol. The van der Waals surface area contributed by atoms with Gasteiger partial charge in [-0.15, -0.1) is 0 Å². The predicted molar refractivity (Wildman–Crippen MR) is 71.1 cm³/mol. The van der Waals surface area contributed by atoms with Crippen LogP contribution in [0.15, 0.2) is 18.2 Å². The van der Waals surface area contributed by atoms with Crippen molar-refractivity contribution in [1.29, 1.82) is 5.41 Å². The van der Waals surface area contributed by atoms with Crippen LogP contribution in [-0.4, -0.2) is 23.8 Å². The summed E-state index contributed by atoms with van der Waals surface area (Å²) < 4.78 is 13.2. The van der Waals surface area contributed by atoms with E-state index in [2.05, 4.69) is 11.8 Å². The molecule has 3 N–H and O–H groups in total. The molecule has 0 saturated carbocycles. The highest BCUT2D eigenvalue weighted by Gasteiger charge is 2.18. The molecule has 0 amide bonds. The van der Waals surface area contributed by atoms with E-state index in [1.807, 2.05) is 0 Å². The zero-order valence-corrected chi connectivity index (χ0v) is 10.7. The minimum atomic E-state index is -0.337. The summed E-state index contributed by atoms with van der Waals surface area (Å²) in [7, 11) is 0. The third-order valence-electron chi connectivity index (χ3n) is 3.50.